The molecule has 0 aliphatic carbocycles. The molecule has 3 aromatic carbocycles. The van der Waals surface area contributed by atoms with Gasteiger partial charge in [0, 0.05) is 22.7 Å². The number of Topliss-reactive ketones (excluding diaryl/α,β-unsaturated/α-hetero) is 1. The van der Waals surface area contributed by atoms with Crippen LogP contribution in [0.15, 0.2) is 72.9 Å². The molecule has 0 saturated heterocycles. The van der Waals surface area contributed by atoms with Gasteiger partial charge in [0.15, 0.2) is 13.2 Å². The van der Waals surface area contributed by atoms with Crippen LogP contribution in [0.1, 0.15) is 10.4 Å². The summed E-state index contributed by atoms with van der Waals surface area (Å²) in [5.41, 5.74) is 1.38. The van der Waals surface area contributed by atoms with E-state index in [2.05, 4.69) is 4.98 Å². The Bertz CT molecular complexity index is 1130. The number of rotatable bonds is 6. The Labute approximate surface area is 155 Å². The van der Waals surface area contributed by atoms with E-state index in [1.165, 1.54) is 0 Å². The molecule has 0 unspecified atom stereocenters. The summed E-state index contributed by atoms with van der Waals surface area (Å²) in [5.74, 6) is -0.267. The van der Waals surface area contributed by atoms with Crippen LogP contribution < -0.4 is 4.74 Å². The Morgan fingerprint density at radius 1 is 0.852 bits per heavy atom. The first-order valence-corrected chi connectivity index (χ1v) is 8.57. The molecule has 1 heterocycles. The molecule has 0 amide bonds. The molecule has 0 aliphatic heterocycles. The second-order valence-corrected chi connectivity index (χ2v) is 6.13. The molecule has 0 radical (unpaired) electrons. The van der Waals surface area contributed by atoms with Gasteiger partial charge < -0.3 is 14.5 Å². The molecule has 5 heteroatoms. The van der Waals surface area contributed by atoms with Crippen molar-refractivity contribution in [1.82, 2.24) is 4.98 Å². The van der Waals surface area contributed by atoms with Crippen molar-refractivity contribution in [2.24, 2.45) is 0 Å². The largest absolute Gasteiger partial charge is 0.482 e. The van der Waals surface area contributed by atoms with Crippen LogP contribution in [0.3, 0.4) is 0 Å². The first-order chi connectivity index (χ1) is 13.2. The average molecular weight is 359 g/mol. The Hall–Kier alpha value is -3.60. The Morgan fingerprint density at radius 2 is 1.63 bits per heavy atom. The van der Waals surface area contributed by atoms with Crippen LogP contribution in [0, 0.1) is 0 Å². The van der Waals surface area contributed by atoms with E-state index in [-0.39, 0.29) is 19.0 Å². The summed E-state index contributed by atoms with van der Waals surface area (Å²) in [7, 11) is 0. The minimum absolute atomic E-state index is 0.250. The van der Waals surface area contributed by atoms with Crippen molar-refractivity contribution < 1.29 is 19.1 Å². The summed E-state index contributed by atoms with van der Waals surface area (Å²) in [6.07, 6.45) is 1.63. The van der Waals surface area contributed by atoms with Crippen molar-refractivity contribution in [3.05, 3.63) is 78.5 Å². The third-order valence-corrected chi connectivity index (χ3v) is 4.33. The topological polar surface area (TPSA) is 68.4 Å². The maximum Gasteiger partial charge on any atom is 0.344 e. The van der Waals surface area contributed by atoms with E-state index in [0.29, 0.717) is 11.3 Å². The number of benzene rings is 3. The number of para-hydroxylation sites is 1. The summed E-state index contributed by atoms with van der Waals surface area (Å²) in [4.78, 5) is 27.2. The Morgan fingerprint density at radius 3 is 2.52 bits per heavy atom. The number of esters is 1. The van der Waals surface area contributed by atoms with E-state index in [4.69, 9.17) is 9.47 Å². The number of carbonyl (C=O) groups excluding carboxylic acids is 2. The number of ether oxygens (including phenoxy) is 2. The van der Waals surface area contributed by atoms with Gasteiger partial charge in [-0.2, -0.15) is 0 Å². The fourth-order valence-corrected chi connectivity index (χ4v) is 2.97. The monoisotopic (exact) mass is 359 g/mol. The van der Waals surface area contributed by atoms with Crippen LogP contribution >= 0.6 is 0 Å². The number of ketones is 1. The van der Waals surface area contributed by atoms with E-state index in [1.54, 1.807) is 12.3 Å². The smallest absolute Gasteiger partial charge is 0.344 e. The number of hydrogen-bond donors (Lipinski definition) is 1. The van der Waals surface area contributed by atoms with Crippen LogP contribution in [0.5, 0.6) is 5.75 Å². The quantitative estimate of drug-likeness (QED) is 0.415. The highest BCUT2D eigenvalue weighted by Gasteiger charge is 2.14. The van der Waals surface area contributed by atoms with Crippen LogP contribution in [-0.4, -0.2) is 30.0 Å². The fraction of sp³-hybridized carbons (Fsp3) is 0.0909. The van der Waals surface area contributed by atoms with Crippen molar-refractivity contribution in [3.63, 3.8) is 0 Å². The number of H-pyrrole nitrogens is 1. The first kappa shape index (κ1) is 16.8. The minimum atomic E-state index is -0.587. The van der Waals surface area contributed by atoms with Gasteiger partial charge in [0.05, 0.1) is 0 Å². The van der Waals surface area contributed by atoms with Gasteiger partial charge in [0.1, 0.15) is 5.75 Å². The lowest BCUT2D eigenvalue weighted by atomic mass is 10.1. The molecule has 0 fully saturated rings. The molecule has 5 nitrogen and oxygen atoms in total. The lowest BCUT2D eigenvalue weighted by molar-refractivity contribution is -0.144. The number of nitrogens with one attached hydrogen (secondary N) is 1. The second-order valence-electron chi connectivity index (χ2n) is 6.13. The van der Waals surface area contributed by atoms with Gasteiger partial charge in [0.2, 0.25) is 5.78 Å². The first-order valence-electron chi connectivity index (χ1n) is 8.57. The summed E-state index contributed by atoms with van der Waals surface area (Å²) in [5, 5.41) is 2.93. The highest BCUT2D eigenvalue weighted by molar-refractivity contribution is 6.08. The van der Waals surface area contributed by atoms with Gasteiger partial charge in [-0.3, -0.25) is 4.79 Å². The van der Waals surface area contributed by atoms with Crippen LogP contribution in [0.2, 0.25) is 0 Å². The van der Waals surface area contributed by atoms with Gasteiger partial charge >= 0.3 is 5.97 Å². The highest BCUT2D eigenvalue weighted by atomic mass is 16.6. The Kier molecular flexibility index (Phi) is 4.58. The lowest BCUT2D eigenvalue weighted by Gasteiger charge is -2.07. The third kappa shape index (κ3) is 3.67. The average Bonchev–Trinajstić information content (AvgIpc) is 3.14. The molecule has 0 saturated carbocycles. The fourth-order valence-electron chi connectivity index (χ4n) is 2.97. The van der Waals surface area contributed by atoms with E-state index in [1.807, 2.05) is 60.7 Å². The van der Waals surface area contributed by atoms with Crippen molar-refractivity contribution in [2.75, 3.05) is 13.2 Å². The predicted octanol–water partition coefficient (Wildman–Crippen LogP) is 4.13. The van der Waals surface area contributed by atoms with E-state index >= 15 is 0 Å². The standard InChI is InChI=1S/C22H17NO4/c24-21(19-12-23-20-8-4-3-7-18(19)20)13-27-22(25)14-26-17-10-9-15-5-1-2-6-16(15)11-17/h1-12,23H,13-14H2. The number of carbonyl (C=O) groups is 2. The van der Waals surface area contributed by atoms with Crippen molar-refractivity contribution in [1.29, 1.82) is 0 Å². The normalized spacial score (nSPS) is 10.8. The van der Waals surface area contributed by atoms with Crippen molar-refractivity contribution in [2.45, 2.75) is 0 Å². The lowest BCUT2D eigenvalue weighted by Crippen LogP contribution is -2.19. The predicted molar refractivity (Wildman–Crippen MR) is 103 cm³/mol. The van der Waals surface area contributed by atoms with Gasteiger partial charge in [-0.15, -0.1) is 0 Å². The number of aromatic nitrogens is 1. The van der Waals surface area contributed by atoms with Gasteiger partial charge in [-0.1, -0.05) is 48.5 Å². The maximum atomic E-state index is 12.3. The summed E-state index contributed by atoms with van der Waals surface area (Å²) < 4.78 is 10.5. The summed E-state index contributed by atoms with van der Waals surface area (Å²) in [6, 6.07) is 20.9. The van der Waals surface area contributed by atoms with Crippen LogP contribution in [0.4, 0.5) is 0 Å². The zero-order valence-electron chi connectivity index (χ0n) is 14.5. The SMILES string of the molecule is O=C(COc1ccc2ccccc2c1)OCC(=O)c1c[nH]c2ccccc12. The molecule has 4 aromatic rings. The van der Waals surface area contributed by atoms with Crippen molar-refractivity contribution in [3.8, 4) is 5.75 Å². The number of hydrogen-bond acceptors (Lipinski definition) is 4. The van der Waals surface area contributed by atoms with Crippen LogP contribution in [-0.2, 0) is 9.53 Å². The molecule has 1 N–H and O–H groups in total. The van der Waals surface area contributed by atoms with Gasteiger partial charge in [0.25, 0.3) is 0 Å². The van der Waals surface area contributed by atoms with E-state index < -0.39 is 5.97 Å². The van der Waals surface area contributed by atoms with Crippen LogP contribution in [0.25, 0.3) is 21.7 Å². The van der Waals surface area contributed by atoms with Gasteiger partial charge in [-0.25, -0.2) is 4.79 Å². The molecule has 4 rings (SSSR count). The summed E-state index contributed by atoms with van der Waals surface area (Å²) in [6.45, 7) is -0.568. The van der Waals surface area contributed by atoms with E-state index in [0.717, 1.165) is 21.7 Å². The zero-order chi connectivity index (χ0) is 18.6. The second kappa shape index (κ2) is 7.33. The molecular weight excluding hydrogens is 342 g/mol. The van der Waals surface area contributed by atoms with E-state index in [9.17, 15) is 9.59 Å². The molecular formula is C22H17NO4. The number of fused-ring (bicyclic) bond motifs is 2. The molecule has 0 spiro atoms. The molecule has 0 bridgehead atoms. The molecule has 27 heavy (non-hydrogen) atoms. The summed E-state index contributed by atoms with van der Waals surface area (Å²) >= 11 is 0. The molecule has 134 valence electrons. The van der Waals surface area contributed by atoms with Crippen molar-refractivity contribution >= 4 is 33.4 Å². The molecule has 1 aromatic heterocycles. The Balaban J connectivity index is 1.33. The maximum absolute atomic E-state index is 12.3. The molecule has 0 aliphatic rings. The highest BCUT2D eigenvalue weighted by Crippen LogP contribution is 2.21. The minimum Gasteiger partial charge on any atom is -0.482 e. The third-order valence-electron chi connectivity index (χ3n) is 4.33. The van der Waals surface area contributed by atoms with Gasteiger partial charge in [-0.05, 0) is 29.0 Å². The number of aromatic amines is 1. The zero-order valence-corrected chi connectivity index (χ0v) is 14.5. The molecule has 0 atom stereocenters.